The van der Waals surface area contributed by atoms with Crippen LogP contribution >= 0.6 is 0 Å². The Hall–Kier alpha value is 0.110. The monoisotopic (exact) mass is 207 g/mol. The van der Waals surface area contributed by atoms with E-state index in [4.69, 9.17) is 0 Å². The lowest BCUT2D eigenvalue weighted by molar-refractivity contribution is 0.164. The van der Waals surface area contributed by atoms with Crippen LogP contribution in [0.4, 0.5) is 0 Å². The van der Waals surface area contributed by atoms with Crippen molar-refractivity contribution in [2.24, 2.45) is 0 Å². The minimum Gasteiger partial charge on any atom is -0.286 e. The summed E-state index contributed by atoms with van der Waals surface area (Å²) in [7, 11) is -1.99. The fourth-order valence-electron chi connectivity index (χ4n) is 1.78. The van der Waals surface area contributed by atoms with E-state index in [0.29, 0.717) is 12.1 Å². The summed E-state index contributed by atoms with van der Waals surface area (Å²) in [5, 5.41) is 0.187. The van der Waals surface area contributed by atoms with Gasteiger partial charge in [0.05, 0.1) is 5.37 Å². The van der Waals surface area contributed by atoms with Crippen molar-refractivity contribution >= 4 is 9.93 Å². The molecule has 0 aliphatic carbocycles. The normalized spacial score (nSPS) is 17.1. The molecule has 0 spiro atoms. The van der Waals surface area contributed by atoms with Gasteiger partial charge in [0, 0.05) is 12.1 Å². The molecule has 0 aromatic rings. The van der Waals surface area contributed by atoms with Crippen LogP contribution in [0.3, 0.4) is 0 Å². The molecule has 1 atom stereocenters. The molecule has 0 aromatic carbocycles. The molecule has 2 nitrogen and oxygen atoms in total. The molecule has 0 fully saturated rings. The van der Waals surface area contributed by atoms with Gasteiger partial charge in [0.2, 0.25) is 0 Å². The van der Waals surface area contributed by atoms with Gasteiger partial charge in [0.15, 0.2) is 0 Å². The Balaban J connectivity index is 4.67. The molecule has 0 rings (SSSR count). The highest BCUT2D eigenvalue weighted by atomic mass is 32.2. The molecule has 0 aliphatic rings. The Kier molecular flexibility index (Phi) is 4.60. The van der Waals surface area contributed by atoms with Crippen LogP contribution in [-0.2, 0) is 9.93 Å². The molecule has 0 saturated heterocycles. The van der Waals surface area contributed by atoms with Crippen molar-refractivity contribution in [3.05, 3.63) is 0 Å². The maximum absolute atomic E-state index is 11.9. The zero-order chi connectivity index (χ0) is 10.8. The van der Waals surface area contributed by atoms with E-state index in [9.17, 15) is 4.21 Å². The second-order valence-electron chi connectivity index (χ2n) is 4.70. The van der Waals surface area contributed by atoms with Gasteiger partial charge in [0.25, 0.3) is 0 Å². The van der Waals surface area contributed by atoms with E-state index in [-0.39, 0.29) is 5.37 Å². The smallest absolute Gasteiger partial charge is 0.0606 e. The number of hydrogen-bond donors (Lipinski definition) is 1. The van der Waals surface area contributed by atoms with Crippen molar-refractivity contribution in [3.8, 4) is 0 Å². The van der Waals surface area contributed by atoms with Crippen LogP contribution in [-0.4, -0.2) is 39.1 Å². The SMILES string of the molecule is CC(C)N(C(C)C)C(C)[SH](C)(C)=O. The zero-order valence-electron chi connectivity index (χ0n) is 10.0. The molecule has 0 radical (unpaired) electrons. The van der Waals surface area contributed by atoms with E-state index >= 15 is 0 Å². The number of nitrogens with zero attached hydrogens (tertiary/aromatic N) is 1. The first kappa shape index (κ1) is 13.1. The molecule has 0 aliphatic heterocycles. The Morgan fingerprint density at radius 1 is 0.923 bits per heavy atom. The van der Waals surface area contributed by atoms with Gasteiger partial charge in [-0.05, 0) is 47.1 Å². The fraction of sp³-hybridized carbons (Fsp3) is 1.00. The number of hydrogen-bond acceptors (Lipinski definition) is 2. The average molecular weight is 207 g/mol. The van der Waals surface area contributed by atoms with Crippen LogP contribution in [0.25, 0.3) is 0 Å². The molecule has 82 valence electrons. The lowest BCUT2D eigenvalue weighted by Crippen LogP contribution is -2.48. The quantitative estimate of drug-likeness (QED) is 0.709. The largest absolute Gasteiger partial charge is 0.286 e. The minimum absolute atomic E-state index is 0.187. The Bertz CT molecular complexity index is 187. The van der Waals surface area contributed by atoms with Gasteiger partial charge in [-0.25, -0.2) is 0 Å². The summed E-state index contributed by atoms with van der Waals surface area (Å²) in [6, 6.07) is 0.923. The molecule has 0 saturated carbocycles. The van der Waals surface area contributed by atoms with Crippen molar-refractivity contribution in [1.29, 1.82) is 0 Å². The molecular formula is C10H25NOS. The molecule has 0 bridgehead atoms. The molecular weight excluding hydrogens is 182 g/mol. The third-order valence-corrected chi connectivity index (χ3v) is 4.59. The van der Waals surface area contributed by atoms with Gasteiger partial charge in [0.1, 0.15) is 0 Å². The number of thiol groups is 1. The van der Waals surface area contributed by atoms with Gasteiger partial charge in [-0.3, -0.25) is 9.11 Å². The minimum atomic E-state index is -1.99. The Morgan fingerprint density at radius 2 is 1.23 bits per heavy atom. The zero-order valence-corrected chi connectivity index (χ0v) is 10.9. The highest BCUT2D eigenvalue weighted by Crippen LogP contribution is 2.17. The third kappa shape index (κ3) is 3.77. The fourth-order valence-corrected chi connectivity index (χ4v) is 2.96. The van der Waals surface area contributed by atoms with Crippen molar-refractivity contribution in [2.45, 2.75) is 52.1 Å². The van der Waals surface area contributed by atoms with Crippen LogP contribution < -0.4 is 0 Å². The number of rotatable bonds is 4. The van der Waals surface area contributed by atoms with Crippen LogP contribution in [0, 0.1) is 0 Å². The van der Waals surface area contributed by atoms with Crippen LogP contribution in [0.2, 0.25) is 0 Å². The lowest BCUT2D eigenvalue weighted by atomic mass is 10.2. The van der Waals surface area contributed by atoms with E-state index < -0.39 is 9.93 Å². The van der Waals surface area contributed by atoms with Gasteiger partial charge in [-0.1, -0.05) is 9.93 Å². The summed E-state index contributed by atoms with van der Waals surface area (Å²) in [6.07, 6.45) is 3.74. The first-order valence-electron chi connectivity index (χ1n) is 5.00. The van der Waals surface area contributed by atoms with Crippen molar-refractivity contribution in [1.82, 2.24) is 4.90 Å². The summed E-state index contributed by atoms with van der Waals surface area (Å²) < 4.78 is 11.9. The van der Waals surface area contributed by atoms with Gasteiger partial charge >= 0.3 is 0 Å². The second kappa shape index (κ2) is 4.56. The Morgan fingerprint density at radius 3 is 1.31 bits per heavy atom. The van der Waals surface area contributed by atoms with Crippen molar-refractivity contribution in [3.63, 3.8) is 0 Å². The highest BCUT2D eigenvalue weighted by Gasteiger charge is 2.25. The first-order valence-corrected chi connectivity index (χ1v) is 7.67. The van der Waals surface area contributed by atoms with Gasteiger partial charge < -0.3 is 0 Å². The molecule has 0 aromatic heterocycles. The van der Waals surface area contributed by atoms with Crippen LogP contribution in [0.1, 0.15) is 34.6 Å². The summed E-state index contributed by atoms with van der Waals surface area (Å²) in [5.74, 6) is 0. The van der Waals surface area contributed by atoms with Crippen molar-refractivity contribution in [2.75, 3.05) is 12.5 Å². The second-order valence-corrected chi connectivity index (χ2v) is 8.32. The van der Waals surface area contributed by atoms with Crippen LogP contribution in [0.5, 0.6) is 0 Å². The molecule has 0 heterocycles. The average Bonchev–Trinajstić information content (AvgIpc) is 1.82. The first-order chi connectivity index (χ1) is 5.68. The predicted molar refractivity (Wildman–Crippen MR) is 63.0 cm³/mol. The maximum atomic E-state index is 11.9. The predicted octanol–water partition coefficient (Wildman–Crippen LogP) is 1.73. The third-order valence-electron chi connectivity index (χ3n) is 2.52. The van der Waals surface area contributed by atoms with Crippen LogP contribution in [0.15, 0.2) is 0 Å². The van der Waals surface area contributed by atoms with E-state index in [1.807, 2.05) is 12.5 Å². The van der Waals surface area contributed by atoms with E-state index in [1.165, 1.54) is 0 Å². The summed E-state index contributed by atoms with van der Waals surface area (Å²) >= 11 is 0. The van der Waals surface area contributed by atoms with E-state index in [0.717, 1.165) is 0 Å². The van der Waals surface area contributed by atoms with Crippen molar-refractivity contribution < 1.29 is 4.21 Å². The summed E-state index contributed by atoms with van der Waals surface area (Å²) in [4.78, 5) is 2.32. The van der Waals surface area contributed by atoms with E-state index in [2.05, 4.69) is 39.5 Å². The Labute approximate surface area is 84.1 Å². The molecule has 13 heavy (non-hydrogen) atoms. The molecule has 1 unspecified atom stereocenters. The molecule has 0 N–H and O–H groups in total. The lowest BCUT2D eigenvalue weighted by Gasteiger charge is -2.40. The van der Waals surface area contributed by atoms with Gasteiger partial charge in [-0.15, -0.1) is 0 Å². The highest BCUT2D eigenvalue weighted by molar-refractivity contribution is 8.02. The molecule has 0 amide bonds. The standard InChI is InChI=1S/C10H25NOS/c1-8(2)11(9(3)4)10(5)13(6,7)12/h8-10,13H,1-7H3. The molecule has 3 heteroatoms. The topological polar surface area (TPSA) is 20.3 Å². The maximum Gasteiger partial charge on any atom is 0.0606 e. The summed E-state index contributed by atoms with van der Waals surface area (Å²) in [5.41, 5.74) is 0. The summed E-state index contributed by atoms with van der Waals surface area (Å²) in [6.45, 7) is 10.7. The van der Waals surface area contributed by atoms with E-state index in [1.54, 1.807) is 0 Å². The van der Waals surface area contributed by atoms with Gasteiger partial charge in [-0.2, -0.15) is 0 Å².